The molecule has 0 radical (unpaired) electrons. The van der Waals surface area contributed by atoms with Crippen LogP contribution in [0.4, 0.5) is 10.2 Å². The second-order valence-electron chi connectivity index (χ2n) is 4.07. The molecular formula is C13H15FN4. The summed E-state index contributed by atoms with van der Waals surface area (Å²) in [5.41, 5.74) is 7.10. The van der Waals surface area contributed by atoms with E-state index in [0.29, 0.717) is 13.1 Å². The van der Waals surface area contributed by atoms with E-state index in [4.69, 9.17) is 5.73 Å². The molecule has 1 aromatic carbocycles. The molecule has 2 N–H and O–H groups in total. The molecule has 18 heavy (non-hydrogen) atoms. The first kappa shape index (κ1) is 12.4. The lowest BCUT2D eigenvalue weighted by atomic mass is 10.2. The molecule has 0 aliphatic rings. The second kappa shape index (κ2) is 5.55. The van der Waals surface area contributed by atoms with E-state index in [2.05, 4.69) is 10.2 Å². The van der Waals surface area contributed by atoms with E-state index in [9.17, 15) is 4.39 Å². The van der Waals surface area contributed by atoms with Gasteiger partial charge in [-0.2, -0.15) is 5.10 Å². The summed E-state index contributed by atoms with van der Waals surface area (Å²) in [4.78, 5) is 1.90. The van der Waals surface area contributed by atoms with Crippen LogP contribution in [0.25, 0.3) is 0 Å². The molecule has 0 aliphatic heterocycles. The molecule has 0 atom stereocenters. The van der Waals surface area contributed by atoms with Gasteiger partial charge in [-0.3, -0.25) is 0 Å². The first-order valence-corrected chi connectivity index (χ1v) is 5.67. The largest absolute Gasteiger partial charge is 0.354 e. The van der Waals surface area contributed by atoms with Gasteiger partial charge in [-0.25, -0.2) is 4.39 Å². The van der Waals surface area contributed by atoms with Gasteiger partial charge >= 0.3 is 0 Å². The van der Waals surface area contributed by atoms with Crippen molar-refractivity contribution in [2.24, 2.45) is 5.73 Å². The van der Waals surface area contributed by atoms with Crippen LogP contribution >= 0.6 is 0 Å². The Morgan fingerprint density at radius 2 is 2.06 bits per heavy atom. The number of nitrogens with zero attached hydrogens (tertiary/aromatic N) is 3. The monoisotopic (exact) mass is 246 g/mol. The van der Waals surface area contributed by atoms with Gasteiger partial charge in [0, 0.05) is 20.1 Å². The molecule has 0 spiro atoms. The summed E-state index contributed by atoms with van der Waals surface area (Å²) in [6.45, 7) is 0.954. The van der Waals surface area contributed by atoms with Crippen LogP contribution in [0.1, 0.15) is 11.3 Å². The first-order chi connectivity index (χ1) is 8.69. The van der Waals surface area contributed by atoms with Crippen molar-refractivity contribution in [2.45, 2.75) is 13.1 Å². The Labute approximate surface area is 105 Å². The maximum atomic E-state index is 13.1. The molecule has 5 heteroatoms. The highest BCUT2D eigenvalue weighted by molar-refractivity contribution is 5.37. The van der Waals surface area contributed by atoms with E-state index in [1.165, 1.54) is 12.1 Å². The molecule has 1 heterocycles. The average molecular weight is 246 g/mol. The molecule has 0 bridgehead atoms. The SMILES string of the molecule is CN(Cc1cccc(F)c1)c1ccc(CN)nn1. The lowest BCUT2D eigenvalue weighted by Gasteiger charge is -2.17. The van der Waals surface area contributed by atoms with Crippen molar-refractivity contribution in [2.75, 3.05) is 11.9 Å². The Kier molecular flexibility index (Phi) is 3.84. The standard InChI is InChI=1S/C13H15FN4/c1-18(9-10-3-2-4-11(14)7-10)13-6-5-12(8-15)16-17-13/h2-7H,8-9,15H2,1H3. The third kappa shape index (κ3) is 3.01. The number of aromatic nitrogens is 2. The normalized spacial score (nSPS) is 10.4. The fraction of sp³-hybridized carbons (Fsp3) is 0.231. The van der Waals surface area contributed by atoms with Gasteiger partial charge in [0.1, 0.15) is 5.82 Å². The van der Waals surface area contributed by atoms with Crippen LogP contribution in [0.3, 0.4) is 0 Å². The molecule has 2 rings (SSSR count). The van der Waals surface area contributed by atoms with Gasteiger partial charge in [0.15, 0.2) is 5.82 Å². The van der Waals surface area contributed by atoms with Gasteiger partial charge in [0.05, 0.1) is 5.69 Å². The molecule has 0 saturated carbocycles. The first-order valence-electron chi connectivity index (χ1n) is 5.67. The van der Waals surface area contributed by atoms with Crippen LogP contribution in [0.15, 0.2) is 36.4 Å². The highest BCUT2D eigenvalue weighted by Crippen LogP contribution is 2.12. The predicted molar refractivity (Wildman–Crippen MR) is 68.4 cm³/mol. The Hall–Kier alpha value is -2.01. The number of hydrogen-bond acceptors (Lipinski definition) is 4. The zero-order valence-corrected chi connectivity index (χ0v) is 10.2. The lowest BCUT2D eigenvalue weighted by Crippen LogP contribution is -2.18. The Morgan fingerprint density at radius 1 is 1.22 bits per heavy atom. The fourth-order valence-corrected chi connectivity index (χ4v) is 1.66. The Balaban J connectivity index is 2.09. The molecule has 0 fully saturated rings. The molecule has 0 aliphatic carbocycles. The van der Waals surface area contributed by atoms with Gasteiger partial charge < -0.3 is 10.6 Å². The Morgan fingerprint density at radius 3 is 2.67 bits per heavy atom. The lowest BCUT2D eigenvalue weighted by molar-refractivity contribution is 0.625. The summed E-state index contributed by atoms with van der Waals surface area (Å²) in [7, 11) is 1.89. The van der Waals surface area contributed by atoms with Crippen LogP contribution < -0.4 is 10.6 Å². The number of rotatable bonds is 4. The number of nitrogens with two attached hydrogens (primary N) is 1. The van der Waals surface area contributed by atoms with Gasteiger partial charge in [-0.15, -0.1) is 5.10 Å². The Bertz CT molecular complexity index is 513. The maximum Gasteiger partial charge on any atom is 0.151 e. The summed E-state index contributed by atoms with van der Waals surface area (Å²) < 4.78 is 13.1. The van der Waals surface area contributed by atoms with Crippen molar-refractivity contribution in [3.05, 3.63) is 53.5 Å². The van der Waals surface area contributed by atoms with Gasteiger partial charge in [-0.05, 0) is 29.8 Å². The number of anilines is 1. The highest BCUT2D eigenvalue weighted by Gasteiger charge is 2.05. The van der Waals surface area contributed by atoms with Crippen molar-refractivity contribution >= 4 is 5.82 Å². The van der Waals surface area contributed by atoms with Crippen molar-refractivity contribution < 1.29 is 4.39 Å². The minimum atomic E-state index is -0.231. The second-order valence-corrected chi connectivity index (χ2v) is 4.07. The zero-order valence-electron chi connectivity index (χ0n) is 10.2. The number of hydrogen-bond donors (Lipinski definition) is 1. The highest BCUT2D eigenvalue weighted by atomic mass is 19.1. The number of halogens is 1. The van der Waals surface area contributed by atoms with Crippen LogP contribution in [0.5, 0.6) is 0 Å². The van der Waals surface area contributed by atoms with Crippen molar-refractivity contribution in [1.82, 2.24) is 10.2 Å². The molecule has 2 aromatic rings. The van der Waals surface area contributed by atoms with E-state index in [1.54, 1.807) is 6.07 Å². The van der Waals surface area contributed by atoms with Crippen molar-refractivity contribution in [3.8, 4) is 0 Å². The summed E-state index contributed by atoms with van der Waals surface area (Å²) in [5.74, 6) is 0.502. The smallest absolute Gasteiger partial charge is 0.151 e. The van der Waals surface area contributed by atoms with Gasteiger partial charge in [0.2, 0.25) is 0 Å². The quantitative estimate of drug-likeness (QED) is 0.892. The van der Waals surface area contributed by atoms with E-state index in [1.807, 2.05) is 30.1 Å². The molecule has 0 saturated heterocycles. The van der Waals surface area contributed by atoms with Crippen LogP contribution in [-0.2, 0) is 13.1 Å². The van der Waals surface area contributed by atoms with E-state index < -0.39 is 0 Å². The summed E-state index contributed by atoms with van der Waals surface area (Å²) >= 11 is 0. The molecule has 0 amide bonds. The van der Waals surface area contributed by atoms with Crippen LogP contribution in [-0.4, -0.2) is 17.2 Å². The summed E-state index contributed by atoms with van der Waals surface area (Å²) in [6.07, 6.45) is 0. The maximum absolute atomic E-state index is 13.1. The van der Waals surface area contributed by atoms with E-state index in [0.717, 1.165) is 17.1 Å². The molecule has 0 unspecified atom stereocenters. The minimum absolute atomic E-state index is 0.231. The fourth-order valence-electron chi connectivity index (χ4n) is 1.66. The van der Waals surface area contributed by atoms with E-state index in [-0.39, 0.29) is 5.82 Å². The van der Waals surface area contributed by atoms with Crippen molar-refractivity contribution in [3.63, 3.8) is 0 Å². The van der Waals surface area contributed by atoms with Crippen LogP contribution in [0, 0.1) is 5.82 Å². The third-order valence-electron chi connectivity index (χ3n) is 2.61. The predicted octanol–water partition coefficient (Wildman–Crippen LogP) is 1.71. The topological polar surface area (TPSA) is 55.0 Å². The summed E-state index contributed by atoms with van der Waals surface area (Å²) in [5, 5.41) is 8.06. The molecule has 4 nitrogen and oxygen atoms in total. The van der Waals surface area contributed by atoms with Gasteiger partial charge in [0.25, 0.3) is 0 Å². The van der Waals surface area contributed by atoms with E-state index >= 15 is 0 Å². The molecular weight excluding hydrogens is 231 g/mol. The third-order valence-corrected chi connectivity index (χ3v) is 2.61. The average Bonchev–Trinajstić information content (AvgIpc) is 2.39. The number of benzene rings is 1. The molecule has 94 valence electrons. The minimum Gasteiger partial charge on any atom is -0.354 e. The van der Waals surface area contributed by atoms with Crippen LogP contribution in [0.2, 0.25) is 0 Å². The molecule has 1 aromatic heterocycles. The van der Waals surface area contributed by atoms with Crippen molar-refractivity contribution in [1.29, 1.82) is 0 Å². The summed E-state index contributed by atoms with van der Waals surface area (Å²) in [6, 6.07) is 10.2. The van der Waals surface area contributed by atoms with Gasteiger partial charge in [-0.1, -0.05) is 12.1 Å². The zero-order chi connectivity index (χ0) is 13.0.